The molecule has 1 atom stereocenters. The van der Waals surface area contributed by atoms with Crippen LogP contribution in [0.3, 0.4) is 0 Å². The number of unbranched alkanes of at least 4 members (excludes halogenated alkanes) is 1. The Morgan fingerprint density at radius 2 is 1.95 bits per heavy atom. The maximum Gasteiger partial charge on any atom is 0.0610 e. The van der Waals surface area contributed by atoms with Gasteiger partial charge in [-0.3, -0.25) is 0 Å². The molecule has 0 aliphatic carbocycles. The van der Waals surface area contributed by atoms with Crippen LogP contribution in [0.2, 0.25) is 0 Å². The first kappa shape index (κ1) is 17.9. The maximum atomic E-state index is 9.46. The molecule has 4 nitrogen and oxygen atoms in total. The molecule has 2 N–H and O–H groups in total. The van der Waals surface area contributed by atoms with Crippen LogP contribution >= 0.6 is 0 Å². The molecule has 1 fully saturated rings. The molecule has 0 amide bonds. The molecule has 4 heteroatoms. The number of likely N-dealkylation sites (N-methyl/N-ethyl adjacent to an activating group) is 1. The number of piperidine rings is 1. The van der Waals surface area contributed by atoms with Crippen LogP contribution in [0, 0.1) is 0 Å². The second-order valence-corrected chi connectivity index (χ2v) is 6.20. The highest BCUT2D eigenvalue weighted by Gasteiger charge is 2.22. The Bertz CT molecular complexity index is 243. The van der Waals surface area contributed by atoms with Gasteiger partial charge in [0.1, 0.15) is 0 Å². The lowest BCUT2D eigenvalue weighted by molar-refractivity contribution is 0.0138. The molecule has 0 aromatic carbocycles. The van der Waals surface area contributed by atoms with Crippen LogP contribution in [0.15, 0.2) is 0 Å². The van der Waals surface area contributed by atoms with Gasteiger partial charge in [0.15, 0.2) is 0 Å². The van der Waals surface area contributed by atoms with Crippen LogP contribution in [-0.2, 0) is 4.74 Å². The molecule has 1 unspecified atom stereocenters. The summed E-state index contributed by atoms with van der Waals surface area (Å²) >= 11 is 0. The minimum absolute atomic E-state index is 0.100. The topological polar surface area (TPSA) is 44.7 Å². The fourth-order valence-electron chi connectivity index (χ4n) is 3.04. The van der Waals surface area contributed by atoms with Crippen molar-refractivity contribution in [2.75, 3.05) is 39.4 Å². The van der Waals surface area contributed by atoms with Gasteiger partial charge in [-0.1, -0.05) is 13.3 Å². The molecule has 1 rings (SSSR count). The molecule has 0 radical (unpaired) electrons. The number of aliphatic hydroxyl groups is 1. The van der Waals surface area contributed by atoms with Crippen molar-refractivity contribution in [3.63, 3.8) is 0 Å². The van der Waals surface area contributed by atoms with E-state index in [1.54, 1.807) is 0 Å². The Labute approximate surface area is 124 Å². The van der Waals surface area contributed by atoms with E-state index in [1.165, 1.54) is 45.3 Å². The van der Waals surface area contributed by atoms with Crippen molar-refractivity contribution in [2.24, 2.45) is 0 Å². The average Bonchev–Trinajstić information content (AvgIpc) is 2.46. The van der Waals surface area contributed by atoms with E-state index in [2.05, 4.69) is 31.0 Å². The Morgan fingerprint density at radius 3 is 2.50 bits per heavy atom. The van der Waals surface area contributed by atoms with Gasteiger partial charge in [-0.15, -0.1) is 0 Å². The van der Waals surface area contributed by atoms with Crippen LogP contribution in [0.1, 0.15) is 52.9 Å². The van der Waals surface area contributed by atoms with E-state index in [4.69, 9.17) is 4.74 Å². The molecule has 1 aliphatic rings. The van der Waals surface area contributed by atoms with Gasteiger partial charge in [-0.05, 0) is 52.6 Å². The monoisotopic (exact) mass is 286 g/mol. The molecule has 120 valence electrons. The minimum Gasteiger partial charge on any atom is -0.394 e. The number of hydrogen-bond acceptors (Lipinski definition) is 4. The summed E-state index contributed by atoms with van der Waals surface area (Å²) in [6.45, 7) is 11.8. The molecule has 1 aliphatic heterocycles. The van der Waals surface area contributed by atoms with Crippen molar-refractivity contribution in [3.8, 4) is 0 Å². The number of ether oxygens (including phenoxy) is 1. The van der Waals surface area contributed by atoms with Crippen molar-refractivity contribution in [1.82, 2.24) is 10.2 Å². The number of nitrogens with one attached hydrogen (secondary N) is 1. The predicted octanol–water partition coefficient (Wildman–Crippen LogP) is 2.02. The third kappa shape index (κ3) is 6.53. The van der Waals surface area contributed by atoms with Crippen LogP contribution in [0.4, 0.5) is 0 Å². The molecule has 0 spiro atoms. The highest BCUT2D eigenvalue weighted by molar-refractivity contribution is 4.81. The van der Waals surface area contributed by atoms with Gasteiger partial charge in [-0.2, -0.15) is 0 Å². The van der Waals surface area contributed by atoms with Crippen molar-refractivity contribution in [2.45, 2.75) is 64.5 Å². The van der Waals surface area contributed by atoms with Crippen LogP contribution < -0.4 is 5.32 Å². The number of hydrogen-bond donors (Lipinski definition) is 2. The van der Waals surface area contributed by atoms with Crippen molar-refractivity contribution in [3.05, 3.63) is 0 Å². The molecular weight excluding hydrogens is 252 g/mol. The molecule has 0 saturated carbocycles. The summed E-state index contributed by atoms with van der Waals surface area (Å²) in [6.07, 6.45) is 6.30. The lowest BCUT2D eigenvalue weighted by atomic mass is 9.95. The number of aliphatic hydroxyl groups excluding tert-OH is 1. The Balaban J connectivity index is 2.10. The lowest BCUT2D eigenvalue weighted by Crippen LogP contribution is -2.45. The fourth-order valence-corrected chi connectivity index (χ4v) is 3.04. The second-order valence-electron chi connectivity index (χ2n) is 6.20. The third-order valence-corrected chi connectivity index (χ3v) is 4.34. The largest absolute Gasteiger partial charge is 0.394 e. The van der Waals surface area contributed by atoms with E-state index in [0.717, 1.165) is 19.6 Å². The van der Waals surface area contributed by atoms with Gasteiger partial charge >= 0.3 is 0 Å². The predicted molar refractivity (Wildman–Crippen MR) is 84.1 cm³/mol. The Hall–Kier alpha value is -0.160. The van der Waals surface area contributed by atoms with E-state index >= 15 is 0 Å². The summed E-state index contributed by atoms with van der Waals surface area (Å²) in [5, 5.41) is 12.8. The average molecular weight is 286 g/mol. The van der Waals surface area contributed by atoms with Gasteiger partial charge < -0.3 is 20.1 Å². The molecule has 0 aromatic rings. The number of likely N-dealkylation sites (tertiary alicyclic amines) is 1. The van der Waals surface area contributed by atoms with Crippen LogP contribution in [-0.4, -0.2) is 61.0 Å². The number of rotatable bonds is 10. The number of nitrogens with zero attached hydrogens (tertiary/aromatic N) is 1. The summed E-state index contributed by atoms with van der Waals surface area (Å²) in [5.41, 5.74) is -0.100. The Kier molecular flexibility index (Phi) is 8.69. The molecule has 1 heterocycles. The highest BCUT2D eigenvalue weighted by Crippen LogP contribution is 2.16. The smallest absolute Gasteiger partial charge is 0.0610 e. The molecular formula is C16H34N2O2. The SMILES string of the molecule is CCNC(C)(CO)CCCCN1CCC(OCC)CC1. The quantitative estimate of drug-likeness (QED) is 0.603. The van der Waals surface area contributed by atoms with E-state index in [-0.39, 0.29) is 12.1 Å². The minimum atomic E-state index is -0.100. The van der Waals surface area contributed by atoms with Crippen LogP contribution in [0.5, 0.6) is 0 Å². The van der Waals surface area contributed by atoms with E-state index in [0.29, 0.717) is 6.10 Å². The van der Waals surface area contributed by atoms with Gasteiger partial charge in [0.2, 0.25) is 0 Å². The summed E-state index contributed by atoms with van der Waals surface area (Å²) in [7, 11) is 0. The van der Waals surface area contributed by atoms with Crippen molar-refractivity contribution >= 4 is 0 Å². The van der Waals surface area contributed by atoms with Gasteiger partial charge in [0.05, 0.1) is 12.7 Å². The summed E-state index contributed by atoms with van der Waals surface area (Å²) in [5.74, 6) is 0. The van der Waals surface area contributed by atoms with E-state index in [9.17, 15) is 5.11 Å². The van der Waals surface area contributed by atoms with Crippen molar-refractivity contribution < 1.29 is 9.84 Å². The first-order valence-corrected chi connectivity index (χ1v) is 8.33. The van der Waals surface area contributed by atoms with E-state index in [1.807, 2.05) is 0 Å². The van der Waals surface area contributed by atoms with Gasteiger partial charge in [-0.25, -0.2) is 0 Å². The summed E-state index contributed by atoms with van der Waals surface area (Å²) in [4.78, 5) is 2.55. The normalized spacial score (nSPS) is 21.0. The Morgan fingerprint density at radius 1 is 1.25 bits per heavy atom. The zero-order chi connectivity index (χ0) is 14.8. The standard InChI is InChI=1S/C16H34N2O2/c1-4-17-16(3,14-19)10-6-7-11-18-12-8-15(9-13-18)20-5-2/h15,17,19H,4-14H2,1-3H3. The zero-order valence-electron chi connectivity index (χ0n) is 13.7. The second kappa shape index (κ2) is 9.72. The molecule has 1 saturated heterocycles. The lowest BCUT2D eigenvalue weighted by Gasteiger charge is -2.32. The van der Waals surface area contributed by atoms with E-state index < -0.39 is 0 Å². The summed E-state index contributed by atoms with van der Waals surface area (Å²) in [6, 6.07) is 0. The fraction of sp³-hybridized carbons (Fsp3) is 1.00. The highest BCUT2D eigenvalue weighted by atomic mass is 16.5. The maximum absolute atomic E-state index is 9.46. The molecule has 0 aromatic heterocycles. The molecule has 20 heavy (non-hydrogen) atoms. The zero-order valence-corrected chi connectivity index (χ0v) is 13.7. The van der Waals surface area contributed by atoms with Gasteiger partial charge in [0.25, 0.3) is 0 Å². The summed E-state index contributed by atoms with van der Waals surface area (Å²) < 4.78 is 5.68. The first-order valence-electron chi connectivity index (χ1n) is 8.33. The van der Waals surface area contributed by atoms with Crippen molar-refractivity contribution in [1.29, 1.82) is 0 Å². The van der Waals surface area contributed by atoms with Gasteiger partial charge in [0, 0.05) is 25.2 Å². The third-order valence-electron chi connectivity index (χ3n) is 4.34. The molecule has 0 bridgehead atoms. The first-order chi connectivity index (χ1) is 9.63. The van der Waals surface area contributed by atoms with Crippen LogP contribution in [0.25, 0.3) is 0 Å².